The molecule has 1 aliphatic rings. The molecule has 1 aromatic rings. The first-order chi connectivity index (χ1) is 10.7. The molecule has 0 saturated carbocycles. The number of nitrogens with two attached hydrogens (primary N) is 1. The van der Waals surface area contributed by atoms with Crippen LogP contribution in [0.4, 0.5) is 5.69 Å². The number of halogens is 1. The fourth-order valence-electron chi connectivity index (χ4n) is 3.09. The highest BCUT2D eigenvalue weighted by molar-refractivity contribution is 7.89. The Morgan fingerprint density at radius 1 is 1.25 bits per heavy atom. The Balaban J connectivity index is 0.00000288. The Labute approximate surface area is 148 Å². The monoisotopic (exact) mass is 377 g/mol. The molecule has 136 valence electrons. The van der Waals surface area contributed by atoms with Gasteiger partial charge in [0.15, 0.2) is 4.90 Å². The number of piperidine rings is 1. The van der Waals surface area contributed by atoms with Gasteiger partial charge in [-0.3, -0.25) is 10.1 Å². The molecule has 0 radical (unpaired) electrons. The van der Waals surface area contributed by atoms with Crippen LogP contribution in [0.25, 0.3) is 0 Å². The van der Waals surface area contributed by atoms with Crippen LogP contribution in [0.5, 0.6) is 0 Å². The molecule has 0 amide bonds. The summed E-state index contributed by atoms with van der Waals surface area (Å²) in [6, 6.07) is 3.22. The van der Waals surface area contributed by atoms with Crippen LogP contribution in [0, 0.1) is 29.9 Å². The van der Waals surface area contributed by atoms with Crippen LogP contribution in [-0.2, 0) is 10.0 Å². The third kappa shape index (κ3) is 3.88. The molecule has 2 N–H and O–H groups in total. The van der Waals surface area contributed by atoms with Crippen molar-refractivity contribution in [2.24, 2.45) is 11.7 Å². The normalized spacial score (nSPS) is 18.0. The lowest BCUT2D eigenvalue weighted by atomic mass is 9.92. The van der Waals surface area contributed by atoms with E-state index in [0.717, 1.165) is 0 Å². The van der Waals surface area contributed by atoms with Crippen LogP contribution in [0.15, 0.2) is 17.0 Å². The van der Waals surface area contributed by atoms with E-state index in [1.165, 1.54) is 4.31 Å². The van der Waals surface area contributed by atoms with Gasteiger partial charge in [0.25, 0.3) is 5.69 Å². The number of nitrogens with zero attached hydrogens (tertiary/aromatic N) is 2. The van der Waals surface area contributed by atoms with Crippen LogP contribution >= 0.6 is 12.4 Å². The maximum absolute atomic E-state index is 13.0. The van der Waals surface area contributed by atoms with Gasteiger partial charge in [0.05, 0.1) is 4.92 Å². The second kappa shape index (κ2) is 7.77. The van der Waals surface area contributed by atoms with E-state index in [2.05, 4.69) is 0 Å². The van der Waals surface area contributed by atoms with E-state index in [1.807, 2.05) is 6.92 Å². The maximum atomic E-state index is 13.0. The Bertz CT molecular complexity index is 714. The lowest BCUT2D eigenvalue weighted by Crippen LogP contribution is -2.42. The molecular formula is C15H24ClN3O4S. The van der Waals surface area contributed by atoms with Gasteiger partial charge in [0.2, 0.25) is 10.0 Å². The third-order valence-electron chi connectivity index (χ3n) is 4.55. The van der Waals surface area contributed by atoms with Crippen molar-refractivity contribution < 1.29 is 13.3 Å². The zero-order valence-electron chi connectivity index (χ0n) is 14.1. The first-order valence-electron chi connectivity index (χ1n) is 7.66. The summed E-state index contributed by atoms with van der Waals surface area (Å²) in [5, 5.41) is 11.4. The number of aryl methyl sites for hydroxylation is 2. The summed E-state index contributed by atoms with van der Waals surface area (Å²) < 4.78 is 27.3. The molecule has 2 rings (SSSR count). The van der Waals surface area contributed by atoms with E-state index in [4.69, 9.17) is 5.73 Å². The van der Waals surface area contributed by atoms with E-state index in [9.17, 15) is 18.5 Å². The number of benzene rings is 1. The second-order valence-corrected chi connectivity index (χ2v) is 8.11. The molecular weight excluding hydrogens is 354 g/mol. The van der Waals surface area contributed by atoms with Crippen LogP contribution < -0.4 is 5.73 Å². The van der Waals surface area contributed by atoms with E-state index < -0.39 is 14.9 Å². The minimum Gasteiger partial charge on any atom is -0.328 e. The average Bonchev–Trinajstić information content (AvgIpc) is 2.48. The third-order valence-corrected chi connectivity index (χ3v) is 6.63. The fraction of sp³-hybridized carbons (Fsp3) is 0.600. The van der Waals surface area contributed by atoms with Gasteiger partial charge in [-0.1, -0.05) is 12.1 Å². The molecule has 0 aromatic heterocycles. The molecule has 1 unspecified atom stereocenters. The van der Waals surface area contributed by atoms with Crippen molar-refractivity contribution in [2.75, 3.05) is 13.1 Å². The molecule has 1 heterocycles. The van der Waals surface area contributed by atoms with Gasteiger partial charge in [-0.25, -0.2) is 8.42 Å². The summed E-state index contributed by atoms with van der Waals surface area (Å²) in [7, 11) is -3.89. The van der Waals surface area contributed by atoms with Crippen molar-refractivity contribution >= 4 is 28.1 Å². The van der Waals surface area contributed by atoms with Gasteiger partial charge in [0.1, 0.15) is 0 Å². The minimum atomic E-state index is -3.89. The van der Waals surface area contributed by atoms with Crippen molar-refractivity contribution in [1.82, 2.24) is 4.31 Å². The zero-order valence-corrected chi connectivity index (χ0v) is 15.7. The first kappa shape index (κ1) is 20.8. The molecule has 24 heavy (non-hydrogen) atoms. The lowest BCUT2D eigenvalue weighted by molar-refractivity contribution is -0.388. The van der Waals surface area contributed by atoms with Crippen molar-refractivity contribution in [3.8, 4) is 0 Å². The average molecular weight is 378 g/mol. The topological polar surface area (TPSA) is 107 Å². The Morgan fingerprint density at radius 2 is 1.75 bits per heavy atom. The molecule has 1 fully saturated rings. The van der Waals surface area contributed by atoms with E-state index in [-0.39, 0.29) is 34.9 Å². The second-order valence-electron chi connectivity index (χ2n) is 6.23. The van der Waals surface area contributed by atoms with Gasteiger partial charge in [-0.15, -0.1) is 12.4 Å². The molecule has 0 spiro atoms. The van der Waals surface area contributed by atoms with Gasteiger partial charge in [0, 0.05) is 24.7 Å². The van der Waals surface area contributed by atoms with E-state index in [1.54, 1.807) is 26.0 Å². The van der Waals surface area contributed by atoms with Crippen LogP contribution in [0.2, 0.25) is 0 Å². The Hall–Kier alpha value is -1.22. The molecule has 9 heteroatoms. The minimum absolute atomic E-state index is 0. The molecule has 1 aromatic carbocycles. The number of nitro benzene ring substituents is 1. The summed E-state index contributed by atoms with van der Waals surface area (Å²) in [5.74, 6) is 0.287. The van der Waals surface area contributed by atoms with Crippen molar-refractivity contribution in [3.63, 3.8) is 0 Å². The van der Waals surface area contributed by atoms with Crippen molar-refractivity contribution in [3.05, 3.63) is 33.4 Å². The first-order valence-corrected chi connectivity index (χ1v) is 9.10. The molecule has 1 aliphatic heterocycles. The molecule has 7 nitrogen and oxygen atoms in total. The lowest BCUT2D eigenvalue weighted by Gasteiger charge is -2.33. The molecule has 0 aliphatic carbocycles. The molecule has 1 atom stereocenters. The SMILES string of the molecule is Cc1ccc(C)c(S(=O)(=O)N2CCC(C(C)N)CC2)c1[N+](=O)[O-].Cl. The standard InChI is InChI=1S/C15H23N3O4S.ClH/c1-10-4-5-11(2)15(14(10)18(19)20)23(21,22)17-8-6-13(7-9-17)12(3)16;/h4-5,12-13H,6-9,16H2,1-3H3;1H. The van der Waals surface area contributed by atoms with Crippen LogP contribution in [0.1, 0.15) is 30.9 Å². The highest BCUT2D eigenvalue weighted by Gasteiger charge is 2.36. The van der Waals surface area contributed by atoms with Gasteiger partial charge >= 0.3 is 0 Å². The number of rotatable bonds is 4. The summed E-state index contributed by atoms with van der Waals surface area (Å²) >= 11 is 0. The molecule has 1 saturated heterocycles. The predicted octanol–water partition coefficient (Wildman–Crippen LogP) is 2.38. The highest BCUT2D eigenvalue weighted by Crippen LogP contribution is 2.34. The summed E-state index contributed by atoms with van der Waals surface area (Å²) in [4.78, 5) is 10.6. The maximum Gasteiger partial charge on any atom is 0.292 e. The highest BCUT2D eigenvalue weighted by atomic mass is 35.5. The van der Waals surface area contributed by atoms with Crippen molar-refractivity contribution in [1.29, 1.82) is 0 Å². The largest absolute Gasteiger partial charge is 0.328 e. The Kier molecular flexibility index (Phi) is 6.75. The number of hydrogen-bond acceptors (Lipinski definition) is 5. The fourth-order valence-corrected chi connectivity index (χ4v) is 5.00. The van der Waals surface area contributed by atoms with E-state index in [0.29, 0.717) is 37.1 Å². The van der Waals surface area contributed by atoms with Gasteiger partial charge in [-0.05, 0) is 45.1 Å². The van der Waals surface area contributed by atoms with Crippen LogP contribution in [-0.4, -0.2) is 36.8 Å². The predicted molar refractivity (Wildman–Crippen MR) is 95.0 cm³/mol. The van der Waals surface area contributed by atoms with Gasteiger partial charge in [-0.2, -0.15) is 4.31 Å². The number of hydrogen-bond donors (Lipinski definition) is 1. The number of nitro groups is 1. The zero-order chi connectivity index (χ0) is 17.4. The van der Waals surface area contributed by atoms with E-state index >= 15 is 0 Å². The molecule has 0 bridgehead atoms. The van der Waals surface area contributed by atoms with Crippen molar-refractivity contribution in [2.45, 2.75) is 44.6 Å². The van der Waals surface area contributed by atoms with Crippen LogP contribution in [0.3, 0.4) is 0 Å². The Morgan fingerprint density at radius 3 is 2.21 bits per heavy atom. The number of sulfonamides is 1. The summed E-state index contributed by atoms with van der Waals surface area (Å²) in [6.45, 7) is 5.76. The summed E-state index contributed by atoms with van der Waals surface area (Å²) in [5.41, 5.74) is 6.31. The quantitative estimate of drug-likeness (QED) is 0.640. The van der Waals surface area contributed by atoms with Gasteiger partial charge < -0.3 is 5.73 Å². The smallest absolute Gasteiger partial charge is 0.292 e. The summed E-state index contributed by atoms with van der Waals surface area (Å²) in [6.07, 6.45) is 1.35.